The molecule has 4 aromatic rings. The van der Waals surface area contributed by atoms with Crippen LogP contribution in [-0.4, -0.2) is 38.6 Å². The van der Waals surface area contributed by atoms with Crippen LogP contribution in [0.25, 0.3) is 11.0 Å². The van der Waals surface area contributed by atoms with Gasteiger partial charge in [0.15, 0.2) is 23.1 Å². The van der Waals surface area contributed by atoms with E-state index in [-0.39, 0.29) is 10.7 Å². The number of para-hydroxylation sites is 2. The molecule has 0 bridgehead atoms. The molecule has 3 aromatic carbocycles. The fourth-order valence-electron chi connectivity index (χ4n) is 3.64. The monoisotopic (exact) mass is 496 g/mol. The van der Waals surface area contributed by atoms with E-state index in [2.05, 4.69) is 9.71 Å². The summed E-state index contributed by atoms with van der Waals surface area (Å²) in [4.78, 5) is 11.2. The Morgan fingerprint density at radius 1 is 0.941 bits per heavy atom. The van der Waals surface area contributed by atoms with Gasteiger partial charge >= 0.3 is 0 Å². The molecule has 8 nitrogen and oxygen atoms in total. The van der Waals surface area contributed by atoms with Crippen molar-refractivity contribution in [1.82, 2.24) is 9.97 Å². The van der Waals surface area contributed by atoms with Crippen molar-refractivity contribution in [3.63, 3.8) is 0 Å². The van der Waals surface area contributed by atoms with Crippen LogP contribution in [0.3, 0.4) is 0 Å². The second kappa shape index (κ2) is 9.00. The van der Waals surface area contributed by atoms with E-state index in [1.54, 1.807) is 12.1 Å². The summed E-state index contributed by atoms with van der Waals surface area (Å²) in [7, 11) is -2.15. The number of halogens is 1. The maximum absolute atomic E-state index is 13.3. The van der Waals surface area contributed by atoms with Crippen molar-refractivity contribution in [1.29, 1.82) is 0 Å². The van der Waals surface area contributed by atoms with Gasteiger partial charge in [-0.2, -0.15) is 0 Å². The van der Waals surface area contributed by atoms with Crippen LogP contribution in [0.5, 0.6) is 11.5 Å². The Balaban J connectivity index is 1.52. The minimum Gasteiger partial charge on any atom is -0.486 e. The van der Waals surface area contributed by atoms with E-state index < -0.39 is 10.0 Å². The zero-order valence-electron chi connectivity index (χ0n) is 18.2. The summed E-state index contributed by atoms with van der Waals surface area (Å²) in [5.74, 6) is 1.43. The highest BCUT2D eigenvalue weighted by molar-refractivity contribution is 7.92. The lowest BCUT2D eigenvalue weighted by atomic mass is 10.2. The molecule has 174 valence electrons. The first-order valence-corrected chi connectivity index (χ1v) is 12.4. The van der Waals surface area contributed by atoms with Gasteiger partial charge in [0.25, 0.3) is 10.0 Å². The highest BCUT2D eigenvalue weighted by Crippen LogP contribution is 2.34. The Kier molecular flexibility index (Phi) is 5.89. The molecular weight excluding hydrogens is 476 g/mol. The summed E-state index contributed by atoms with van der Waals surface area (Å²) in [6, 6.07) is 19.2. The minimum atomic E-state index is -3.98. The van der Waals surface area contributed by atoms with Gasteiger partial charge in [-0.1, -0.05) is 35.9 Å². The number of sulfonamides is 1. The SMILES string of the molecule is CN(Cc1ccc(Cl)cc1)c1nc2ccccc2nc1NS(=O)(=O)c1ccc2c(c1)OCCO2. The maximum atomic E-state index is 13.3. The maximum Gasteiger partial charge on any atom is 0.263 e. The number of aromatic nitrogens is 2. The molecule has 5 rings (SSSR count). The third kappa shape index (κ3) is 4.57. The van der Waals surface area contributed by atoms with E-state index >= 15 is 0 Å². The van der Waals surface area contributed by atoms with Gasteiger partial charge in [-0.05, 0) is 42.0 Å². The average molecular weight is 497 g/mol. The number of nitrogens with zero attached hydrogens (tertiary/aromatic N) is 3. The van der Waals surface area contributed by atoms with Crippen molar-refractivity contribution >= 4 is 44.3 Å². The zero-order valence-corrected chi connectivity index (χ0v) is 19.8. The molecule has 1 N–H and O–H groups in total. The molecule has 0 saturated heterocycles. The van der Waals surface area contributed by atoms with E-state index in [9.17, 15) is 8.42 Å². The number of anilines is 2. The quantitative estimate of drug-likeness (QED) is 0.420. The van der Waals surface area contributed by atoms with E-state index in [1.807, 2.05) is 54.4 Å². The molecule has 34 heavy (non-hydrogen) atoms. The second-order valence-electron chi connectivity index (χ2n) is 7.78. The van der Waals surface area contributed by atoms with E-state index in [0.29, 0.717) is 53.1 Å². The standard InChI is InChI=1S/C24H21ClN4O4S/c1-29(15-16-6-8-17(25)9-7-16)24-23(26-19-4-2-3-5-20(19)27-24)28-34(30,31)18-10-11-21-22(14-18)33-13-12-32-21/h2-11,14H,12-13,15H2,1H3,(H,26,28). The molecule has 0 saturated carbocycles. The highest BCUT2D eigenvalue weighted by Gasteiger charge is 2.23. The Hall–Kier alpha value is -3.56. The molecule has 0 radical (unpaired) electrons. The lowest BCUT2D eigenvalue weighted by Crippen LogP contribution is -2.23. The van der Waals surface area contributed by atoms with Crippen LogP contribution in [0.1, 0.15) is 5.56 Å². The van der Waals surface area contributed by atoms with Crippen molar-refractivity contribution in [3.05, 3.63) is 77.3 Å². The molecule has 0 atom stereocenters. The lowest BCUT2D eigenvalue weighted by Gasteiger charge is -2.22. The van der Waals surface area contributed by atoms with Crippen LogP contribution in [0.15, 0.2) is 71.6 Å². The number of nitrogens with one attached hydrogen (secondary N) is 1. The van der Waals surface area contributed by atoms with E-state index in [1.165, 1.54) is 12.1 Å². The van der Waals surface area contributed by atoms with Gasteiger partial charge in [-0.3, -0.25) is 4.72 Å². The smallest absolute Gasteiger partial charge is 0.263 e. The van der Waals surface area contributed by atoms with Crippen molar-refractivity contribution in [3.8, 4) is 11.5 Å². The van der Waals surface area contributed by atoms with Gasteiger partial charge in [0.1, 0.15) is 13.2 Å². The Labute approximate surface area is 202 Å². The zero-order chi connectivity index (χ0) is 23.7. The first-order chi connectivity index (χ1) is 16.4. The fourth-order valence-corrected chi connectivity index (χ4v) is 4.79. The van der Waals surface area contributed by atoms with Crippen molar-refractivity contribution in [2.45, 2.75) is 11.4 Å². The number of hydrogen-bond acceptors (Lipinski definition) is 7. The highest BCUT2D eigenvalue weighted by atomic mass is 35.5. The van der Waals surface area contributed by atoms with Crippen LogP contribution in [0, 0.1) is 0 Å². The molecule has 1 aliphatic rings. The van der Waals surface area contributed by atoms with Gasteiger partial charge in [-0.15, -0.1) is 0 Å². The van der Waals surface area contributed by atoms with Gasteiger partial charge in [0, 0.05) is 24.7 Å². The Bertz CT molecular complexity index is 1460. The summed E-state index contributed by atoms with van der Waals surface area (Å²) in [5, 5.41) is 0.643. The van der Waals surface area contributed by atoms with Gasteiger partial charge in [-0.25, -0.2) is 18.4 Å². The second-order valence-corrected chi connectivity index (χ2v) is 9.90. The predicted molar refractivity (Wildman–Crippen MR) is 131 cm³/mol. The molecule has 0 amide bonds. The summed E-state index contributed by atoms with van der Waals surface area (Å²) < 4.78 is 40.2. The molecule has 0 spiro atoms. The molecular formula is C24H21ClN4O4S. The topological polar surface area (TPSA) is 93.7 Å². The van der Waals surface area contributed by atoms with Crippen molar-refractivity contribution < 1.29 is 17.9 Å². The number of ether oxygens (including phenoxy) is 2. The van der Waals surface area contributed by atoms with Crippen LogP contribution in [-0.2, 0) is 16.6 Å². The molecule has 10 heteroatoms. The van der Waals surface area contributed by atoms with Crippen LogP contribution >= 0.6 is 11.6 Å². The Morgan fingerprint density at radius 2 is 1.62 bits per heavy atom. The summed E-state index contributed by atoms with van der Waals surface area (Å²) in [5.41, 5.74) is 2.22. The molecule has 0 fully saturated rings. The number of hydrogen-bond donors (Lipinski definition) is 1. The molecule has 1 aliphatic heterocycles. The Morgan fingerprint density at radius 3 is 2.35 bits per heavy atom. The number of benzene rings is 3. The van der Waals surface area contributed by atoms with E-state index in [0.717, 1.165) is 5.56 Å². The largest absolute Gasteiger partial charge is 0.486 e. The average Bonchev–Trinajstić information content (AvgIpc) is 2.84. The number of fused-ring (bicyclic) bond motifs is 2. The number of rotatable bonds is 6. The van der Waals surface area contributed by atoms with Gasteiger partial charge < -0.3 is 14.4 Å². The predicted octanol–water partition coefficient (Wildman–Crippen LogP) is 4.49. The van der Waals surface area contributed by atoms with E-state index in [4.69, 9.17) is 26.1 Å². The summed E-state index contributed by atoms with van der Waals surface area (Å²) >= 11 is 6.00. The molecule has 1 aromatic heterocycles. The van der Waals surface area contributed by atoms with Gasteiger partial charge in [0.05, 0.1) is 15.9 Å². The van der Waals surface area contributed by atoms with Crippen LogP contribution in [0.2, 0.25) is 5.02 Å². The first-order valence-electron chi connectivity index (χ1n) is 10.5. The first kappa shape index (κ1) is 22.2. The molecule has 0 unspecified atom stereocenters. The van der Waals surface area contributed by atoms with Crippen molar-refractivity contribution in [2.24, 2.45) is 0 Å². The molecule has 2 heterocycles. The normalized spacial score (nSPS) is 13.0. The van der Waals surface area contributed by atoms with Crippen LogP contribution < -0.4 is 19.1 Å². The fraction of sp³-hybridized carbons (Fsp3) is 0.167. The summed E-state index contributed by atoms with van der Waals surface area (Å²) in [6.07, 6.45) is 0. The third-order valence-electron chi connectivity index (χ3n) is 5.30. The lowest BCUT2D eigenvalue weighted by molar-refractivity contribution is 0.171. The molecule has 0 aliphatic carbocycles. The summed E-state index contributed by atoms with van der Waals surface area (Å²) in [6.45, 7) is 1.26. The minimum absolute atomic E-state index is 0.0398. The van der Waals surface area contributed by atoms with Crippen molar-refractivity contribution in [2.75, 3.05) is 29.9 Å². The van der Waals surface area contributed by atoms with Gasteiger partial charge in [0.2, 0.25) is 0 Å². The van der Waals surface area contributed by atoms with Crippen LogP contribution in [0.4, 0.5) is 11.6 Å². The third-order valence-corrected chi connectivity index (χ3v) is 6.89.